The highest BCUT2D eigenvalue weighted by molar-refractivity contribution is 6.30. The SMILES string of the molecule is CCCCN(CC(=O)Nc1cc(-c2ccccc2)nn1-c1ccc(Cl)cc1)C(=O)c1cc(OC)cc(OC)c1. The number of rotatable bonds is 11. The van der Waals surface area contributed by atoms with Gasteiger partial charge in [-0.05, 0) is 42.8 Å². The van der Waals surface area contributed by atoms with Gasteiger partial charge in [0.2, 0.25) is 5.91 Å². The highest BCUT2D eigenvalue weighted by atomic mass is 35.5. The molecular formula is C30H31ClN4O4. The summed E-state index contributed by atoms with van der Waals surface area (Å²) in [6, 6.07) is 23.7. The zero-order valence-corrected chi connectivity index (χ0v) is 22.9. The molecule has 8 nitrogen and oxygen atoms in total. The number of hydrogen-bond acceptors (Lipinski definition) is 5. The number of aromatic nitrogens is 2. The van der Waals surface area contributed by atoms with Crippen LogP contribution in [0.25, 0.3) is 16.9 Å². The minimum Gasteiger partial charge on any atom is -0.497 e. The molecule has 4 aromatic rings. The molecule has 1 aromatic heterocycles. The number of ether oxygens (including phenoxy) is 2. The van der Waals surface area contributed by atoms with Crippen molar-refractivity contribution in [2.75, 3.05) is 32.6 Å². The number of hydrogen-bond donors (Lipinski definition) is 1. The molecule has 39 heavy (non-hydrogen) atoms. The molecule has 0 aliphatic heterocycles. The van der Waals surface area contributed by atoms with E-state index in [1.807, 2.05) is 55.5 Å². The third kappa shape index (κ3) is 6.97. The number of nitrogens with one attached hydrogen (secondary N) is 1. The number of unbranched alkanes of at least 4 members (excludes halogenated alkanes) is 1. The highest BCUT2D eigenvalue weighted by Gasteiger charge is 2.22. The summed E-state index contributed by atoms with van der Waals surface area (Å²) in [7, 11) is 3.05. The van der Waals surface area contributed by atoms with Crippen LogP contribution in [-0.4, -0.2) is 53.8 Å². The van der Waals surface area contributed by atoms with Crippen LogP contribution < -0.4 is 14.8 Å². The number of nitrogens with zero attached hydrogens (tertiary/aromatic N) is 3. The molecule has 0 atom stereocenters. The van der Waals surface area contributed by atoms with Gasteiger partial charge in [0.15, 0.2) is 0 Å². The van der Waals surface area contributed by atoms with Crippen molar-refractivity contribution >= 4 is 29.2 Å². The van der Waals surface area contributed by atoms with Crippen LogP contribution in [0, 0.1) is 0 Å². The number of amides is 2. The molecular weight excluding hydrogens is 516 g/mol. The first kappa shape index (κ1) is 27.7. The molecule has 3 aromatic carbocycles. The standard InChI is InChI=1S/C30H31ClN4O4/c1-4-5-15-34(30(37)22-16-25(38-2)18-26(17-22)39-3)20-29(36)32-28-19-27(21-9-7-6-8-10-21)33-35(28)24-13-11-23(31)12-14-24/h6-14,16-19H,4-5,15,20H2,1-3H3,(H,32,36). The first-order valence-corrected chi connectivity index (χ1v) is 13.0. The fourth-order valence-electron chi connectivity index (χ4n) is 4.07. The van der Waals surface area contributed by atoms with Crippen LogP contribution in [0.3, 0.4) is 0 Å². The molecule has 0 unspecified atom stereocenters. The summed E-state index contributed by atoms with van der Waals surface area (Å²) in [5.41, 5.74) is 2.72. The van der Waals surface area contributed by atoms with Gasteiger partial charge >= 0.3 is 0 Å². The third-order valence-corrected chi connectivity index (χ3v) is 6.37. The van der Waals surface area contributed by atoms with E-state index in [4.69, 9.17) is 26.2 Å². The molecule has 0 radical (unpaired) electrons. The maximum absolute atomic E-state index is 13.5. The minimum absolute atomic E-state index is 0.134. The maximum Gasteiger partial charge on any atom is 0.254 e. The number of methoxy groups -OCH3 is 2. The van der Waals surface area contributed by atoms with Gasteiger partial charge in [-0.1, -0.05) is 55.3 Å². The van der Waals surface area contributed by atoms with Gasteiger partial charge in [0, 0.05) is 34.8 Å². The van der Waals surface area contributed by atoms with Gasteiger partial charge in [0.05, 0.1) is 25.6 Å². The Labute approximate surface area is 233 Å². The van der Waals surface area contributed by atoms with Gasteiger partial charge in [-0.3, -0.25) is 9.59 Å². The molecule has 9 heteroatoms. The summed E-state index contributed by atoms with van der Waals surface area (Å²) in [5, 5.41) is 8.29. The van der Waals surface area contributed by atoms with E-state index in [1.165, 1.54) is 19.1 Å². The van der Waals surface area contributed by atoms with Crippen molar-refractivity contribution in [1.82, 2.24) is 14.7 Å². The third-order valence-electron chi connectivity index (χ3n) is 6.12. The molecule has 0 spiro atoms. The molecule has 0 bridgehead atoms. The second kappa shape index (κ2) is 13.0. The van der Waals surface area contributed by atoms with Crippen molar-refractivity contribution in [2.24, 2.45) is 0 Å². The predicted octanol–water partition coefficient (Wildman–Crippen LogP) is 6.09. The Kier molecular flexibility index (Phi) is 9.22. The predicted molar refractivity (Wildman–Crippen MR) is 153 cm³/mol. The van der Waals surface area contributed by atoms with Crippen LogP contribution in [-0.2, 0) is 4.79 Å². The lowest BCUT2D eigenvalue weighted by Gasteiger charge is -2.23. The zero-order chi connectivity index (χ0) is 27.8. The Morgan fingerprint density at radius 2 is 1.62 bits per heavy atom. The van der Waals surface area contributed by atoms with E-state index in [0.29, 0.717) is 40.1 Å². The first-order chi connectivity index (χ1) is 18.9. The fraction of sp³-hybridized carbons (Fsp3) is 0.233. The van der Waals surface area contributed by atoms with Crippen LogP contribution in [0.15, 0.2) is 78.9 Å². The van der Waals surface area contributed by atoms with Crippen molar-refractivity contribution in [1.29, 1.82) is 0 Å². The lowest BCUT2D eigenvalue weighted by Crippen LogP contribution is -2.39. The van der Waals surface area contributed by atoms with E-state index >= 15 is 0 Å². The van der Waals surface area contributed by atoms with Crippen molar-refractivity contribution in [2.45, 2.75) is 19.8 Å². The van der Waals surface area contributed by atoms with Gasteiger partial charge in [-0.2, -0.15) is 5.10 Å². The Bertz CT molecular complexity index is 1400. The zero-order valence-electron chi connectivity index (χ0n) is 22.2. The molecule has 0 aliphatic rings. The molecule has 0 saturated carbocycles. The van der Waals surface area contributed by atoms with E-state index in [2.05, 4.69) is 5.32 Å². The Morgan fingerprint density at radius 1 is 0.949 bits per heavy atom. The molecule has 0 fully saturated rings. The van der Waals surface area contributed by atoms with Gasteiger partial charge in [0.25, 0.3) is 5.91 Å². The lowest BCUT2D eigenvalue weighted by atomic mass is 10.1. The second-order valence-electron chi connectivity index (χ2n) is 8.90. The van der Waals surface area contributed by atoms with Gasteiger partial charge < -0.3 is 19.7 Å². The summed E-state index contributed by atoms with van der Waals surface area (Å²) in [6.07, 6.45) is 1.62. The molecule has 202 valence electrons. The number of anilines is 1. The molecule has 0 aliphatic carbocycles. The van der Waals surface area contributed by atoms with Gasteiger partial charge in [0.1, 0.15) is 23.9 Å². The quantitative estimate of drug-likeness (QED) is 0.246. The second-order valence-corrected chi connectivity index (χ2v) is 9.34. The van der Waals surface area contributed by atoms with Crippen molar-refractivity contribution < 1.29 is 19.1 Å². The first-order valence-electron chi connectivity index (χ1n) is 12.7. The number of carbonyl (C=O) groups is 2. The Hall–Kier alpha value is -4.30. The lowest BCUT2D eigenvalue weighted by molar-refractivity contribution is -0.116. The monoisotopic (exact) mass is 546 g/mol. The topological polar surface area (TPSA) is 85.7 Å². The van der Waals surface area contributed by atoms with Gasteiger partial charge in [-0.15, -0.1) is 0 Å². The molecule has 0 saturated heterocycles. The van der Waals surface area contributed by atoms with E-state index in [-0.39, 0.29) is 18.4 Å². The number of carbonyl (C=O) groups excluding carboxylic acids is 2. The van der Waals surface area contributed by atoms with E-state index < -0.39 is 0 Å². The van der Waals surface area contributed by atoms with Gasteiger partial charge in [-0.25, -0.2) is 4.68 Å². The smallest absolute Gasteiger partial charge is 0.254 e. The maximum atomic E-state index is 13.5. The molecule has 1 heterocycles. The van der Waals surface area contributed by atoms with E-state index in [0.717, 1.165) is 24.1 Å². The van der Waals surface area contributed by atoms with Crippen molar-refractivity contribution in [3.63, 3.8) is 0 Å². The summed E-state index contributed by atoms with van der Waals surface area (Å²) >= 11 is 6.09. The molecule has 4 rings (SSSR count). The van der Waals surface area contributed by atoms with Crippen molar-refractivity contribution in [3.05, 3.63) is 89.4 Å². The summed E-state index contributed by atoms with van der Waals surface area (Å²) < 4.78 is 12.3. The average Bonchev–Trinajstić information content (AvgIpc) is 3.38. The Morgan fingerprint density at radius 3 is 2.23 bits per heavy atom. The fourth-order valence-corrected chi connectivity index (χ4v) is 4.20. The normalized spacial score (nSPS) is 10.7. The minimum atomic E-state index is -0.343. The number of benzene rings is 3. The average molecular weight is 547 g/mol. The largest absolute Gasteiger partial charge is 0.497 e. The van der Waals surface area contributed by atoms with Crippen LogP contribution in [0.1, 0.15) is 30.1 Å². The van der Waals surface area contributed by atoms with Crippen LogP contribution in [0.5, 0.6) is 11.5 Å². The van der Waals surface area contributed by atoms with Crippen LogP contribution in [0.4, 0.5) is 5.82 Å². The van der Waals surface area contributed by atoms with Crippen LogP contribution >= 0.6 is 11.6 Å². The summed E-state index contributed by atoms with van der Waals surface area (Å²) in [4.78, 5) is 28.4. The highest BCUT2D eigenvalue weighted by Crippen LogP contribution is 2.26. The summed E-state index contributed by atoms with van der Waals surface area (Å²) in [5.74, 6) is 0.846. The molecule has 1 N–H and O–H groups in total. The Balaban J connectivity index is 1.61. The number of halogens is 1. The molecule has 2 amide bonds. The van der Waals surface area contributed by atoms with E-state index in [1.54, 1.807) is 35.0 Å². The van der Waals surface area contributed by atoms with E-state index in [9.17, 15) is 9.59 Å². The summed E-state index contributed by atoms with van der Waals surface area (Å²) in [6.45, 7) is 2.33. The van der Waals surface area contributed by atoms with Crippen molar-refractivity contribution in [3.8, 4) is 28.4 Å². The van der Waals surface area contributed by atoms with Crippen LogP contribution in [0.2, 0.25) is 5.02 Å².